The second-order valence-electron chi connectivity index (χ2n) is 5.31. The lowest BCUT2D eigenvalue weighted by Gasteiger charge is -2.12. The lowest BCUT2D eigenvalue weighted by Crippen LogP contribution is -2.20. The van der Waals surface area contributed by atoms with E-state index in [0.29, 0.717) is 0 Å². The zero-order chi connectivity index (χ0) is 10.8. The zero-order valence-corrected chi connectivity index (χ0v) is 9.86. The van der Waals surface area contributed by atoms with Crippen molar-refractivity contribution in [1.29, 1.82) is 0 Å². The SMILES string of the molecule is c1cc(CNC2CC2)n(CC2CCCC2)n1. The van der Waals surface area contributed by atoms with Crippen molar-refractivity contribution in [2.24, 2.45) is 5.92 Å². The van der Waals surface area contributed by atoms with Crippen molar-refractivity contribution in [3.8, 4) is 0 Å². The number of aromatic nitrogens is 2. The van der Waals surface area contributed by atoms with Crippen molar-refractivity contribution in [3.05, 3.63) is 18.0 Å². The van der Waals surface area contributed by atoms with E-state index in [0.717, 1.165) is 25.0 Å². The molecule has 1 heterocycles. The summed E-state index contributed by atoms with van der Waals surface area (Å²) in [5, 5.41) is 8.02. The molecule has 88 valence electrons. The second-order valence-corrected chi connectivity index (χ2v) is 5.31. The van der Waals surface area contributed by atoms with Gasteiger partial charge in [-0.05, 0) is 37.7 Å². The summed E-state index contributed by atoms with van der Waals surface area (Å²) in [6.07, 6.45) is 10.3. The largest absolute Gasteiger partial charge is 0.308 e. The van der Waals surface area contributed by atoms with Gasteiger partial charge in [0.25, 0.3) is 0 Å². The van der Waals surface area contributed by atoms with Gasteiger partial charge >= 0.3 is 0 Å². The molecule has 1 N–H and O–H groups in total. The van der Waals surface area contributed by atoms with Gasteiger partial charge in [0.1, 0.15) is 0 Å². The minimum Gasteiger partial charge on any atom is -0.308 e. The predicted octanol–water partition coefficient (Wildman–Crippen LogP) is 2.33. The molecule has 0 radical (unpaired) electrons. The molecule has 0 spiro atoms. The zero-order valence-electron chi connectivity index (χ0n) is 9.86. The molecular weight excluding hydrogens is 198 g/mol. The first-order valence-corrected chi connectivity index (χ1v) is 6.66. The standard InChI is InChI=1S/C13H21N3/c1-2-4-11(3-1)10-16-13(7-8-15-16)9-14-12-5-6-12/h7-8,11-12,14H,1-6,9-10H2. The molecule has 0 aromatic carbocycles. The summed E-state index contributed by atoms with van der Waals surface area (Å²) in [6.45, 7) is 2.13. The van der Waals surface area contributed by atoms with E-state index in [2.05, 4.69) is 21.2 Å². The van der Waals surface area contributed by atoms with Gasteiger partial charge in [-0.1, -0.05) is 12.8 Å². The summed E-state index contributed by atoms with van der Waals surface area (Å²) >= 11 is 0. The van der Waals surface area contributed by atoms with Crippen LogP contribution in [0, 0.1) is 5.92 Å². The fourth-order valence-corrected chi connectivity index (χ4v) is 2.65. The van der Waals surface area contributed by atoms with E-state index in [1.165, 1.54) is 44.2 Å². The third-order valence-corrected chi connectivity index (χ3v) is 3.86. The lowest BCUT2D eigenvalue weighted by atomic mass is 10.1. The van der Waals surface area contributed by atoms with Crippen LogP contribution in [0.15, 0.2) is 12.3 Å². The number of nitrogens with zero attached hydrogens (tertiary/aromatic N) is 2. The van der Waals surface area contributed by atoms with Gasteiger partial charge in [-0.25, -0.2) is 0 Å². The Labute approximate surface area is 97.2 Å². The van der Waals surface area contributed by atoms with Crippen molar-refractivity contribution < 1.29 is 0 Å². The fraction of sp³-hybridized carbons (Fsp3) is 0.769. The third kappa shape index (κ3) is 2.46. The van der Waals surface area contributed by atoms with Crippen LogP contribution in [0.3, 0.4) is 0 Å². The van der Waals surface area contributed by atoms with Crippen LogP contribution >= 0.6 is 0 Å². The highest BCUT2D eigenvalue weighted by atomic mass is 15.3. The van der Waals surface area contributed by atoms with Gasteiger partial charge in [-0.15, -0.1) is 0 Å². The lowest BCUT2D eigenvalue weighted by molar-refractivity contribution is 0.414. The molecular formula is C13H21N3. The molecule has 3 nitrogen and oxygen atoms in total. The second kappa shape index (κ2) is 4.58. The van der Waals surface area contributed by atoms with Crippen molar-refractivity contribution in [1.82, 2.24) is 15.1 Å². The smallest absolute Gasteiger partial charge is 0.0522 e. The number of nitrogens with one attached hydrogen (secondary N) is 1. The highest BCUT2D eigenvalue weighted by Crippen LogP contribution is 2.26. The van der Waals surface area contributed by atoms with Crippen LogP contribution in [0.2, 0.25) is 0 Å². The number of hydrogen-bond acceptors (Lipinski definition) is 2. The van der Waals surface area contributed by atoms with Crippen LogP contribution in [-0.4, -0.2) is 15.8 Å². The highest BCUT2D eigenvalue weighted by molar-refractivity contribution is 5.01. The molecule has 0 aliphatic heterocycles. The molecule has 16 heavy (non-hydrogen) atoms. The first-order chi connectivity index (χ1) is 7.92. The van der Waals surface area contributed by atoms with E-state index >= 15 is 0 Å². The van der Waals surface area contributed by atoms with E-state index in [1.54, 1.807) is 0 Å². The molecule has 2 aliphatic carbocycles. The topological polar surface area (TPSA) is 29.9 Å². The Kier molecular flexibility index (Phi) is 2.96. The molecule has 0 amide bonds. The number of rotatable bonds is 5. The van der Waals surface area contributed by atoms with Crippen LogP contribution in [0.1, 0.15) is 44.2 Å². The molecule has 2 saturated carbocycles. The van der Waals surface area contributed by atoms with E-state index in [9.17, 15) is 0 Å². The normalized spacial score (nSPS) is 21.8. The van der Waals surface area contributed by atoms with Gasteiger partial charge in [0, 0.05) is 25.3 Å². The molecule has 0 saturated heterocycles. The molecule has 2 fully saturated rings. The van der Waals surface area contributed by atoms with Crippen molar-refractivity contribution in [2.45, 2.75) is 57.7 Å². The Morgan fingerprint density at radius 1 is 1.25 bits per heavy atom. The van der Waals surface area contributed by atoms with Crippen molar-refractivity contribution >= 4 is 0 Å². The van der Waals surface area contributed by atoms with Crippen molar-refractivity contribution in [2.75, 3.05) is 0 Å². The van der Waals surface area contributed by atoms with E-state index in [4.69, 9.17) is 0 Å². The van der Waals surface area contributed by atoms with Gasteiger partial charge < -0.3 is 5.32 Å². The Morgan fingerprint density at radius 2 is 2.06 bits per heavy atom. The van der Waals surface area contributed by atoms with Gasteiger partial charge in [-0.3, -0.25) is 4.68 Å². The average molecular weight is 219 g/mol. The summed E-state index contributed by atoms with van der Waals surface area (Å²) in [5.41, 5.74) is 1.36. The molecule has 2 aliphatic rings. The molecule has 1 aromatic heterocycles. The van der Waals surface area contributed by atoms with Crippen LogP contribution in [0.4, 0.5) is 0 Å². The molecule has 3 heteroatoms. The molecule has 0 unspecified atom stereocenters. The Balaban J connectivity index is 1.57. The minimum absolute atomic E-state index is 0.787. The predicted molar refractivity (Wildman–Crippen MR) is 64.0 cm³/mol. The Morgan fingerprint density at radius 3 is 2.81 bits per heavy atom. The summed E-state index contributed by atoms with van der Waals surface area (Å²) in [4.78, 5) is 0. The van der Waals surface area contributed by atoms with Crippen LogP contribution in [0.25, 0.3) is 0 Å². The first-order valence-electron chi connectivity index (χ1n) is 6.66. The van der Waals surface area contributed by atoms with E-state index in [1.807, 2.05) is 6.20 Å². The van der Waals surface area contributed by atoms with Gasteiger partial charge in [0.2, 0.25) is 0 Å². The monoisotopic (exact) mass is 219 g/mol. The number of hydrogen-bond donors (Lipinski definition) is 1. The first kappa shape index (κ1) is 10.3. The Bertz CT molecular complexity index is 335. The molecule has 0 atom stereocenters. The van der Waals surface area contributed by atoms with Crippen LogP contribution in [-0.2, 0) is 13.1 Å². The van der Waals surface area contributed by atoms with Crippen LogP contribution in [0.5, 0.6) is 0 Å². The van der Waals surface area contributed by atoms with E-state index in [-0.39, 0.29) is 0 Å². The fourth-order valence-electron chi connectivity index (χ4n) is 2.65. The molecule has 0 bridgehead atoms. The summed E-state index contributed by atoms with van der Waals surface area (Å²) in [7, 11) is 0. The maximum Gasteiger partial charge on any atom is 0.0522 e. The highest BCUT2D eigenvalue weighted by Gasteiger charge is 2.21. The van der Waals surface area contributed by atoms with E-state index < -0.39 is 0 Å². The van der Waals surface area contributed by atoms with Gasteiger partial charge in [0.05, 0.1) is 5.69 Å². The summed E-state index contributed by atoms with van der Waals surface area (Å²) in [5.74, 6) is 0.875. The molecule has 3 rings (SSSR count). The van der Waals surface area contributed by atoms with Gasteiger partial charge in [-0.2, -0.15) is 5.10 Å². The van der Waals surface area contributed by atoms with Crippen LogP contribution < -0.4 is 5.32 Å². The molecule has 1 aromatic rings. The minimum atomic E-state index is 0.787. The summed E-state index contributed by atoms with van der Waals surface area (Å²) < 4.78 is 2.21. The maximum atomic E-state index is 4.45. The third-order valence-electron chi connectivity index (χ3n) is 3.86. The maximum absolute atomic E-state index is 4.45. The average Bonchev–Trinajstić information content (AvgIpc) is 2.79. The van der Waals surface area contributed by atoms with Gasteiger partial charge in [0.15, 0.2) is 0 Å². The quantitative estimate of drug-likeness (QED) is 0.823. The Hall–Kier alpha value is -0.830. The van der Waals surface area contributed by atoms with Crippen molar-refractivity contribution in [3.63, 3.8) is 0 Å². The summed E-state index contributed by atoms with van der Waals surface area (Å²) in [6, 6.07) is 2.94.